The molecule has 2 atom stereocenters. The minimum Gasteiger partial charge on any atom is -0.497 e. The molecule has 0 spiro atoms. The molecule has 0 saturated heterocycles. The van der Waals surface area contributed by atoms with Crippen LogP contribution in [0.1, 0.15) is 23.0 Å². The monoisotopic (exact) mass is 449 g/mol. The number of hydrogen-bond donors (Lipinski definition) is 2. The van der Waals surface area contributed by atoms with Crippen LogP contribution >= 0.6 is 11.8 Å². The van der Waals surface area contributed by atoms with Crippen molar-refractivity contribution in [1.82, 2.24) is 14.9 Å². The van der Waals surface area contributed by atoms with Gasteiger partial charge in [-0.2, -0.15) is 13.2 Å². The van der Waals surface area contributed by atoms with Crippen molar-refractivity contribution < 1.29 is 22.7 Å². The molecule has 7 nitrogen and oxygen atoms in total. The van der Waals surface area contributed by atoms with Gasteiger partial charge in [0.25, 0.3) is 0 Å². The lowest BCUT2D eigenvalue weighted by Gasteiger charge is -2.33. The Balaban J connectivity index is 1.68. The molecule has 1 amide bonds. The van der Waals surface area contributed by atoms with Crippen LogP contribution in [0.3, 0.4) is 0 Å². The summed E-state index contributed by atoms with van der Waals surface area (Å²) in [6.45, 7) is 1.76. The molecule has 31 heavy (non-hydrogen) atoms. The Hall–Kier alpha value is -3.21. The van der Waals surface area contributed by atoms with E-state index in [4.69, 9.17) is 4.74 Å². The topological polar surface area (TPSA) is 81.1 Å². The summed E-state index contributed by atoms with van der Waals surface area (Å²) in [5.41, 5.74) is 2.77. The summed E-state index contributed by atoms with van der Waals surface area (Å²) in [6, 6.07) is 11.4. The van der Waals surface area contributed by atoms with E-state index in [0.29, 0.717) is 16.7 Å². The number of alkyl halides is 3. The SMILES string of the molecule is COc1ccc([C@@H]2Nn3c(C)nnc3S[C@H]2C(=O)Nc2ccccc2C(F)(F)F)cc1. The second-order valence-electron chi connectivity index (χ2n) is 6.82. The fourth-order valence-electron chi connectivity index (χ4n) is 3.26. The lowest BCUT2D eigenvalue weighted by atomic mass is 10.0. The number of ether oxygens (including phenoxy) is 1. The molecular formula is C20H18F3N5O2S. The largest absolute Gasteiger partial charge is 0.497 e. The van der Waals surface area contributed by atoms with Crippen LogP contribution in [0.15, 0.2) is 53.7 Å². The number of nitrogens with zero attached hydrogens (tertiary/aromatic N) is 3. The first-order chi connectivity index (χ1) is 14.8. The van der Waals surface area contributed by atoms with Gasteiger partial charge in [0, 0.05) is 0 Å². The van der Waals surface area contributed by atoms with E-state index in [1.54, 1.807) is 43.0 Å². The number of aromatic nitrogens is 3. The molecule has 11 heteroatoms. The first-order valence-corrected chi connectivity index (χ1v) is 10.1. The molecular weight excluding hydrogens is 431 g/mol. The van der Waals surface area contributed by atoms with E-state index in [9.17, 15) is 18.0 Å². The number of nitrogens with one attached hydrogen (secondary N) is 2. The Bertz CT molecular complexity index is 1100. The maximum atomic E-state index is 13.4. The first-order valence-electron chi connectivity index (χ1n) is 9.24. The van der Waals surface area contributed by atoms with Crippen LogP contribution < -0.4 is 15.5 Å². The highest BCUT2D eigenvalue weighted by molar-refractivity contribution is 8.00. The maximum Gasteiger partial charge on any atom is 0.418 e. The molecule has 162 valence electrons. The number of carbonyl (C=O) groups is 1. The van der Waals surface area contributed by atoms with E-state index in [1.165, 1.54) is 18.2 Å². The van der Waals surface area contributed by atoms with Gasteiger partial charge in [-0.15, -0.1) is 10.2 Å². The van der Waals surface area contributed by atoms with Crippen molar-refractivity contribution >= 4 is 23.4 Å². The summed E-state index contributed by atoms with van der Waals surface area (Å²) in [5, 5.41) is 10.1. The Morgan fingerprint density at radius 3 is 2.55 bits per heavy atom. The number of hydrogen-bond acceptors (Lipinski definition) is 6. The number of aryl methyl sites for hydroxylation is 1. The number of rotatable bonds is 4. The molecule has 1 aliphatic rings. The van der Waals surface area contributed by atoms with E-state index >= 15 is 0 Å². The van der Waals surface area contributed by atoms with Crippen molar-refractivity contribution in [2.45, 2.75) is 29.5 Å². The molecule has 0 fully saturated rings. The molecule has 1 aromatic heterocycles. The Labute approximate surface area is 180 Å². The van der Waals surface area contributed by atoms with E-state index in [0.717, 1.165) is 23.4 Å². The second kappa shape index (κ2) is 8.14. The number of fused-ring (bicyclic) bond motifs is 1. The molecule has 0 saturated carbocycles. The van der Waals surface area contributed by atoms with E-state index in [-0.39, 0.29) is 5.69 Å². The first kappa shape index (κ1) is 21.0. The zero-order valence-corrected chi connectivity index (χ0v) is 17.3. The van der Waals surface area contributed by atoms with Crippen LogP contribution in [0.4, 0.5) is 18.9 Å². The zero-order chi connectivity index (χ0) is 22.2. The number of benzene rings is 2. The van der Waals surface area contributed by atoms with Gasteiger partial charge in [0.15, 0.2) is 0 Å². The molecule has 3 aromatic rings. The van der Waals surface area contributed by atoms with Crippen molar-refractivity contribution in [2.75, 3.05) is 17.9 Å². The summed E-state index contributed by atoms with van der Waals surface area (Å²) in [6.07, 6.45) is -4.59. The Morgan fingerprint density at radius 1 is 1.16 bits per heavy atom. The Morgan fingerprint density at radius 2 is 1.87 bits per heavy atom. The number of carbonyl (C=O) groups excluding carboxylic acids is 1. The fourth-order valence-corrected chi connectivity index (χ4v) is 4.39. The van der Waals surface area contributed by atoms with Crippen molar-refractivity contribution in [2.24, 2.45) is 0 Å². The van der Waals surface area contributed by atoms with Crippen LogP contribution in [0.2, 0.25) is 0 Å². The highest BCUT2D eigenvalue weighted by Crippen LogP contribution is 2.39. The summed E-state index contributed by atoms with van der Waals surface area (Å²) >= 11 is 1.13. The molecule has 2 heterocycles. The van der Waals surface area contributed by atoms with E-state index in [2.05, 4.69) is 20.9 Å². The third-order valence-corrected chi connectivity index (χ3v) is 6.04. The zero-order valence-electron chi connectivity index (χ0n) is 16.5. The molecule has 0 aliphatic carbocycles. The third kappa shape index (κ3) is 4.18. The highest BCUT2D eigenvalue weighted by Gasteiger charge is 2.39. The number of thioether (sulfide) groups is 1. The molecule has 2 aromatic carbocycles. The van der Waals surface area contributed by atoms with Gasteiger partial charge in [-0.3, -0.25) is 4.79 Å². The van der Waals surface area contributed by atoms with E-state index < -0.39 is 28.9 Å². The van der Waals surface area contributed by atoms with Gasteiger partial charge in [-0.05, 0) is 36.8 Å². The van der Waals surface area contributed by atoms with Crippen LogP contribution in [0, 0.1) is 6.92 Å². The van der Waals surface area contributed by atoms with Gasteiger partial charge in [-0.1, -0.05) is 36.0 Å². The molecule has 0 radical (unpaired) electrons. The van der Waals surface area contributed by atoms with Gasteiger partial charge in [0.05, 0.1) is 24.4 Å². The third-order valence-electron chi connectivity index (χ3n) is 4.82. The average molecular weight is 449 g/mol. The summed E-state index contributed by atoms with van der Waals surface area (Å²) in [5.74, 6) is 0.665. The lowest BCUT2D eigenvalue weighted by molar-refractivity contribution is -0.137. The number of halogens is 3. The minimum absolute atomic E-state index is 0.294. The number of anilines is 1. The molecule has 1 aliphatic heterocycles. The quantitative estimate of drug-likeness (QED) is 0.627. The van der Waals surface area contributed by atoms with Crippen molar-refractivity contribution in [3.05, 3.63) is 65.5 Å². The number of para-hydroxylation sites is 1. The van der Waals surface area contributed by atoms with Gasteiger partial charge in [0.1, 0.15) is 16.8 Å². The van der Waals surface area contributed by atoms with Gasteiger partial charge >= 0.3 is 6.18 Å². The average Bonchev–Trinajstić information content (AvgIpc) is 3.12. The second-order valence-corrected chi connectivity index (χ2v) is 7.92. The number of amides is 1. The van der Waals surface area contributed by atoms with Crippen LogP contribution in [0.25, 0.3) is 0 Å². The van der Waals surface area contributed by atoms with E-state index in [1.807, 2.05) is 0 Å². The summed E-state index contributed by atoms with van der Waals surface area (Å²) in [7, 11) is 1.55. The maximum absolute atomic E-state index is 13.4. The molecule has 2 N–H and O–H groups in total. The van der Waals surface area contributed by atoms with Gasteiger partial charge in [0.2, 0.25) is 11.1 Å². The Kier molecular flexibility index (Phi) is 5.52. The van der Waals surface area contributed by atoms with Gasteiger partial charge < -0.3 is 15.5 Å². The van der Waals surface area contributed by atoms with Crippen LogP contribution in [-0.4, -0.2) is 33.1 Å². The molecule has 0 bridgehead atoms. The standard InChI is InChI=1S/C20H18F3N5O2S/c1-11-25-26-19-28(11)27-16(12-7-9-13(30-2)10-8-12)17(31-19)18(29)24-15-6-4-3-5-14(15)20(21,22)23/h3-10,16-17,27H,1-2H3,(H,24,29)/t16-,17+/m0/s1. The smallest absolute Gasteiger partial charge is 0.418 e. The normalized spacial score (nSPS) is 18.1. The predicted molar refractivity (Wildman–Crippen MR) is 110 cm³/mol. The summed E-state index contributed by atoms with van der Waals surface area (Å²) in [4.78, 5) is 13.1. The highest BCUT2D eigenvalue weighted by atomic mass is 32.2. The number of methoxy groups -OCH3 is 1. The fraction of sp³-hybridized carbons (Fsp3) is 0.250. The molecule has 4 rings (SSSR count). The van der Waals surface area contributed by atoms with Crippen molar-refractivity contribution in [1.29, 1.82) is 0 Å². The van der Waals surface area contributed by atoms with Crippen LogP contribution in [0.5, 0.6) is 5.75 Å². The summed E-state index contributed by atoms with van der Waals surface area (Å²) < 4.78 is 46.9. The van der Waals surface area contributed by atoms with Gasteiger partial charge in [-0.25, -0.2) is 4.68 Å². The lowest BCUT2D eigenvalue weighted by Crippen LogP contribution is -2.41. The minimum atomic E-state index is -4.59. The predicted octanol–water partition coefficient (Wildman–Crippen LogP) is 4.01. The van der Waals surface area contributed by atoms with Crippen LogP contribution in [-0.2, 0) is 11.0 Å². The molecule has 0 unspecified atom stereocenters. The van der Waals surface area contributed by atoms with Crippen molar-refractivity contribution in [3.63, 3.8) is 0 Å². The van der Waals surface area contributed by atoms with Crippen molar-refractivity contribution in [3.8, 4) is 5.75 Å².